The molecule has 0 bridgehead atoms. The molecule has 13 heavy (non-hydrogen) atoms. The van der Waals surface area contributed by atoms with Gasteiger partial charge in [-0.05, 0) is 17.3 Å². The van der Waals surface area contributed by atoms with Crippen LogP contribution in [0, 0.1) is 0 Å². The smallest absolute Gasteiger partial charge is 0.176 e. The lowest BCUT2D eigenvalue weighted by Crippen LogP contribution is -2.05. The summed E-state index contributed by atoms with van der Waals surface area (Å²) >= 11 is 5.85. The maximum atomic E-state index is 5.85. The van der Waals surface area contributed by atoms with E-state index in [1.54, 1.807) is 18.3 Å². The van der Waals surface area contributed by atoms with Gasteiger partial charge in [-0.15, -0.1) is 5.10 Å². The summed E-state index contributed by atoms with van der Waals surface area (Å²) < 4.78 is 0. The van der Waals surface area contributed by atoms with E-state index < -0.39 is 0 Å². The van der Waals surface area contributed by atoms with E-state index in [2.05, 4.69) is 10.3 Å². The van der Waals surface area contributed by atoms with Crippen LogP contribution in [0.2, 0.25) is 5.02 Å². The molecule has 0 atom stereocenters. The van der Waals surface area contributed by atoms with Crippen molar-refractivity contribution in [2.75, 3.05) is 0 Å². The minimum absolute atomic E-state index is 0.540. The summed E-state index contributed by atoms with van der Waals surface area (Å²) in [7, 11) is 0. The van der Waals surface area contributed by atoms with Crippen LogP contribution in [0.5, 0.6) is 5.75 Å². The molecule has 0 fully saturated rings. The van der Waals surface area contributed by atoms with Crippen LogP contribution in [-0.4, -0.2) is 15.2 Å². The highest BCUT2D eigenvalue weighted by Gasteiger charge is 2.00. The molecular weight excluding hydrogens is 190 g/mol. The Balaban J connectivity index is 2.24. The van der Waals surface area contributed by atoms with E-state index >= 15 is 0 Å². The highest BCUT2D eigenvalue weighted by molar-refractivity contribution is 6.32. The largest absolute Gasteiger partial charge is 0.355 e. The average molecular weight is 196 g/mol. The third-order valence-corrected chi connectivity index (χ3v) is 1.74. The monoisotopic (exact) mass is 195 g/mol. The van der Waals surface area contributed by atoms with Gasteiger partial charge in [-0.25, -0.2) is 0 Å². The van der Waals surface area contributed by atoms with E-state index in [0.29, 0.717) is 10.8 Å². The van der Waals surface area contributed by atoms with Crippen LogP contribution in [0.15, 0.2) is 36.7 Å². The third-order valence-electron chi connectivity index (χ3n) is 1.43. The van der Waals surface area contributed by atoms with Crippen molar-refractivity contribution in [1.29, 1.82) is 0 Å². The van der Waals surface area contributed by atoms with Gasteiger partial charge in [-0.3, -0.25) is 0 Å². The van der Waals surface area contributed by atoms with E-state index in [0.717, 1.165) is 0 Å². The van der Waals surface area contributed by atoms with Gasteiger partial charge >= 0.3 is 0 Å². The molecule has 2 aromatic rings. The number of nitrogens with zero attached hydrogens (tertiary/aromatic N) is 3. The fraction of sp³-hybridized carbons (Fsp3) is 0. The maximum Gasteiger partial charge on any atom is 0.176 e. The quantitative estimate of drug-likeness (QED) is 0.733. The number of aromatic nitrogens is 3. The molecule has 0 radical (unpaired) electrons. The molecule has 1 heterocycles. The Bertz CT molecular complexity index is 388. The summed E-state index contributed by atoms with van der Waals surface area (Å²) in [5.41, 5.74) is 0. The minimum Gasteiger partial charge on any atom is -0.355 e. The molecular formula is C8H6ClN3O. The fourth-order valence-electron chi connectivity index (χ4n) is 0.866. The molecule has 5 heteroatoms. The van der Waals surface area contributed by atoms with Crippen molar-refractivity contribution in [3.05, 3.63) is 41.7 Å². The van der Waals surface area contributed by atoms with E-state index in [-0.39, 0.29) is 0 Å². The molecule has 0 aliphatic carbocycles. The molecule has 0 spiro atoms. The summed E-state index contributed by atoms with van der Waals surface area (Å²) in [5, 5.41) is 7.77. The Morgan fingerprint density at radius 3 is 2.85 bits per heavy atom. The first-order valence-electron chi connectivity index (χ1n) is 3.65. The molecule has 2 rings (SSSR count). The van der Waals surface area contributed by atoms with Gasteiger partial charge in [-0.1, -0.05) is 28.6 Å². The summed E-state index contributed by atoms with van der Waals surface area (Å²) in [6.45, 7) is 0. The van der Waals surface area contributed by atoms with E-state index in [9.17, 15) is 0 Å². The second kappa shape index (κ2) is 3.45. The first-order chi connectivity index (χ1) is 6.36. The Morgan fingerprint density at radius 2 is 2.15 bits per heavy atom. The number of halogens is 1. The van der Waals surface area contributed by atoms with Crippen LogP contribution in [-0.2, 0) is 0 Å². The van der Waals surface area contributed by atoms with E-state index in [4.69, 9.17) is 16.4 Å². The van der Waals surface area contributed by atoms with Crippen LogP contribution in [0.3, 0.4) is 0 Å². The first kappa shape index (κ1) is 8.07. The normalized spacial score (nSPS) is 9.92. The Morgan fingerprint density at radius 1 is 1.31 bits per heavy atom. The summed E-state index contributed by atoms with van der Waals surface area (Å²) in [5.74, 6) is 0.551. The number of hydrogen-bond acceptors (Lipinski definition) is 3. The molecule has 1 aromatic carbocycles. The van der Waals surface area contributed by atoms with Gasteiger partial charge in [0, 0.05) is 0 Å². The van der Waals surface area contributed by atoms with Crippen LogP contribution in [0.4, 0.5) is 0 Å². The second-order valence-electron chi connectivity index (χ2n) is 2.33. The lowest BCUT2D eigenvalue weighted by Gasteiger charge is -2.03. The van der Waals surface area contributed by atoms with Gasteiger partial charge in [0.2, 0.25) is 0 Å². The number of para-hydroxylation sites is 1. The van der Waals surface area contributed by atoms with Gasteiger partial charge in [-0.2, -0.15) is 0 Å². The molecule has 0 saturated carbocycles. The first-order valence-corrected chi connectivity index (χ1v) is 4.03. The van der Waals surface area contributed by atoms with Gasteiger partial charge in [0.05, 0.1) is 17.4 Å². The second-order valence-corrected chi connectivity index (χ2v) is 2.73. The fourth-order valence-corrected chi connectivity index (χ4v) is 1.04. The molecule has 4 nitrogen and oxygen atoms in total. The standard InChI is InChI=1S/C8H6ClN3O/c9-7-3-1-2-4-8(7)13-12-6-5-10-11-12/h1-6H. The zero-order valence-electron chi connectivity index (χ0n) is 6.59. The Kier molecular flexibility index (Phi) is 2.14. The lowest BCUT2D eigenvalue weighted by molar-refractivity contribution is 0.173. The summed E-state index contributed by atoms with van der Waals surface area (Å²) in [6.07, 6.45) is 3.11. The van der Waals surface area contributed by atoms with Crippen LogP contribution in [0.25, 0.3) is 0 Å². The molecule has 0 aliphatic heterocycles. The van der Waals surface area contributed by atoms with Crippen LogP contribution in [0.1, 0.15) is 0 Å². The zero-order valence-corrected chi connectivity index (χ0v) is 7.35. The predicted molar refractivity (Wildman–Crippen MR) is 47.5 cm³/mol. The van der Waals surface area contributed by atoms with Crippen molar-refractivity contribution >= 4 is 11.6 Å². The lowest BCUT2D eigenvalue weighted by atomic mass is 10.3. The van der Waals surface area contributed by atoms with Gasteiger partial charge in [0.1, 0.15) is 0 Å². The third kappa shape index (κ3) is 1.78. The van der Waals surface area contributed by atoms with Crippen molar-refractivity contribution in [1.82, 2.24) is 15.2 Å². The van der Waals surface area contributed by atoms with E-state index in [1.807, 2.05) is 12.1 Å². The van der Waals surface area contributed by atoms with Gasteiger partial charge < -0.3 is 4.84 Å². The number of rotatable bonds is 2. The highest BCUT2D eigenvalue weighted by atomic mass is 35.5. The average Bonchev–Trinajstić information content (AvgIpc) is 2.61. The van der Waals surface area contributed by atoms with E-state index in [1.165, 1.54) is 11.0 Å². The molecule has 0 N–H and O–H groups in total. The van der Waals surface area contributed by atoms with Crippen molar-refractivity contribution in [2.45, 2.75) is 0 Å². The van der Waals surface area contributed by atoms with Crippen LogP contribution >= 0.6 is 11.6 Å². The summed E-state index contributed by atoms with van der Waals surface area (Å²) in [4.78, 5) is 6.50. The Labute approximate surface area is 79.7 Å². The van der Waals surface area contributed by atoms with Crippen molar-refractivity contribution in [2.24, 2.45) is 0 Å². The summed E-state index contributed by atoms with van der Waals surface area (Å²) in [6, 6.07) is 7.16. The Hall–Kier alpha value is -1.55. The molecule has 66 valence electrons. The zero-order chi connectivity index (χ0) is 9.10. The molecule has 1 aromatic heterocycles. The predicted octanol–water partition coefficient (Wildman–Crippen LogP) is 1.77. The van der Waals surface area contributed by atoms with Gasteiger partial charge in [0.25, 0.3) is 0 Å². The molecule has 0 unspecified atom stereocenters. The minimum atomic E-state index is 0.540. The molecule has 0 amide bonds. The van der Waals surface area contributed by atoms with Crippen molar-refractivity contribution in [3.8, 4) is 5.75 Å². The SMILES string of the molecule is Clc1ccccc1On1ccnn1. The molecule has 0 saturated heterocycles. The number of hydrogen-bond donors (Lipinski definition) is 0. The van der Waals surface area contributed by atoms with Crippen molar-refractivity contribution < 1.29 is 4.84 Å². The highest BCUT2D eigenvalue weighted by Crippen LogP contribution is 2.22. The topological polar surface area (TPSA) is 39.9 Å². The van der Waals surface area contributed by atoms with Gasteiger partial charge in [0.15, 0.2) is 5.75 Å². The molecule has 0 aliphatic rings. The van der Waals surface area contributed by atoms with Crippen molar-refractivity contribution in [3.63, 3.8) is 0 Å². The number of benzene rings is 1. The van der Waals surface area contributed by atoms with Crippen LogP contribution < -0.4 is 4.84 Å². The maximum absolute atomic E-state index is 5.85.